The third-order valence-corrected chi connectivity index (χ3v) is 8.38. The van der Waals surface area contributed by atoms with Crippen LogP contribution in [0.3, 0.4) is 0 Å². The van der Waals surface area contributed by atoms with E-state index in [0.29, 0.717) is 34.1 Å². The maximum atomic E-state index is 12.9. The molecule has 0 N–H and O–H groups in total. The first-order valence-corrected chi connectivity index (χ1v) is 16.1. The molecule has 14 nitrogen and oxygen atoms in total. The summed E-state index contributed by atoms with van der Waals surface area (Å²) in [5, 5.41) is 0.425. The van der Waals surface area contributed by atoms with Crippen LogP contribution < -0.4 is 58.2 Å². The molecule has 0 aliphatic rings. The summed E-state index contributed by atoms with van der Waals surface area (Å²) in [6.45, 7) is 0. The van der Waals surface area contributed by atoms with Gasteiger partial charge in [0.2, 0.25) is 34.5 Å². The van der Waals surface area contributed by atoms with Crippen molar-refractivity contribution >= 4 is 21.9 Å². The van der Waals surface area contributed by atoms with Gasteiger partial charge >= 0.3 is 0 Å². The Kier molecular flexibility index (Phi) is 12.0. The van der Waals surface area contributed by atoms with E-state index in [2.05, 4.69) is 0 Å². The largest absolute Gasteiger partial charge is 0.497 e. The fourth-order valence-corrected chi connectivity index (χ4v) is 5.88. The molecule has 0 aliphatic carbocycles. The Balaban J connectivity index is 0.000000208. The van der Waals surface area contributed by atoms with Crippen LogP contribution >= 0.6 is 0 Å². The van der Waals surface area contributed by atoms with Crippen LogP contribution in [0.2, 0.25) is 0 Å². The number of rotatable bonds is 12. The van der Waals surface area contributed by atoms with Gasteiger partial charge in [-0.15, -0.1) is 0 Å². The van der Waals surface area contributed by atoms with E-state index >= 15 is 0 Å². The zero-order chi connectivity index (χ0) is 39.1. The number of hydrogen-bond acceptors (Lipinski definition) is 14. The third kappa shape index (κ3) is 6.93. The van der Waals surface area contributed by atoms with E-state index in [4.69, 9.17) is 56.2 Å². The molecule has 0 saturated heterocycles. The standard InChI is InChI=1S/2C20H20O7/c2*1-22-12-8-6-11(7-9-12)14-10-13(21)15-16(23-2)18(24-3)20(26-5)19(25-4)17(15)27-14/h2*6-10H,1-5H3. The summed E-state index contributed by atoms with van der Waals surface area (Å²) in [6.07, 6.45) is 0. The van der Waals surface area contributed by atoms with Gasteiger partial charge in [-0.1, -0.05) is 0 Å². The number of ether oxygens (including phenoxy) is 10. The predicted octanol–water partition coefficient (Wildman–Crippen LogP) is 7.01. The summed E-state index contributed by atoms with van der Waals surface area (Å²) in [6, 6.07) is 17.1. The zero-order valence-corrected chi connectivity index (χ0v) is 31.5. The van der Waals surface area contributed by atoms with Crippen LogP contribution in [0, 0.1) is 0 Å². The molecule has 0 bridgehead atoms. The van der Waals surface area contributed by atoms with E-state index in [1.165, 1.54) is 69.0 Å². The van der Waals surface area contributed by atoms with Crippen LogP contribution in [0.1, 0.15) is 0 Å². The van der Waals surface area contributed by atoms with Gasteiger partial charge < -0.3 is 56.2 Å². The molecule has 0 fully saturated rings. The van der Waals surface area contributed by atoms with Crippen molar-refractivity contribution in [3.63, 3.8) is 0 Å². The van der Waals surface area contributed by atoms with Gasteiger partial charge in [-0.3, -0.25) is 9.59 Å². The molecule has 0 aliphatic heterocycles. The Morgan fingerprint density at radius 3 is 0.889 bits per heavy atom. The molecule has 14 heteroatoms. The van der Waals surface area contributed by atoms with Crippen LogP contribution in [0.15, 0.2) is 79.1 Å². The minimum atomic E-state index is -0.293. The molecule has 4 aromatic carbocycles. The van der Waals surface area contributed by atoms with Crippen LogP contribution in [-0.2, 0) is 0 Å². The van der Waals surface area contributed by atoms with Crippen LogP contribution in [-0.4, -0.2) is 71.1 Å². The van der Waals surface area contributed by atoms with E-state index < -0.39 is 0 Å². The summed E-state index contributed by atoms with van der Waals surface area (Å²) in [5.74, 6) is 4.17. The van der Waals surface area contributed by atoms with Crippen molar-refractivity contribution in [3.8, 4) is 80.1 Å². The molecule has 0 saturated carbocycles. The second-order valence-electron chi connectivity index (χ2n) is 11.1. The molecule has 284 valence electrons. The lowest BCUT2D eigenvalue weighted by molar-refractivity contribution is 0.307. The molecule has 2 heterocycles. The maximum absolute atomic E-state index is 12.9. The first-order chi connectivity index (χ1) is 26.2. The van der Waals surface area contributed by atoms with Crippen molar-refractivity contribution in [1.29, 1.82) is 0 Å². The summed E-state index contributed by atoms with van der Waals surface area (Å²) in [5.41, 5.74) is 1.27. The molecule has 2 aromatic heterocycles. The van der Waals surface area contributed by atoms with Crippen molar-refractivity contribution in [2.24, 2.45) is 0 Å². The highest BCUT2D eigenvalue weighted by Crippen LogP contribution is 2.51. The molecule has 6 aromatic rings. The van der Waals surface area contributed by atoms with Crippen LogP contribution in [0.4, 0.5) is 0 Å². The van der Waals surface area contributed by atoms with Crippen molar-refractivity contribution in [2.75, 3.05) is 71.1 Å². The Morgan fingerprint density at radius 2 is 0.630 bits per heavy atom. The van der Waals surface area contributed by atoms with E-state index in [1.807, 2.05) is 0 Å². The van der Waals surface area contributed by atoms with Gasteiger partial charge in [-0.2, -0.15) is 0 Å². The fraction of sp³-hybridized carbons (Fsp3) is 0.250. The van der Waals surface area contributed by atoms with Gasteiger partial charge in [0.05, 0.1) is 71.1 Å². The summed E-state index contributed by atoms with van der Waals surface area (Å²) in [4.78, 5) is 25.8. The van der Waals surface area contributed by atoms with Crippen molar-refractivity contribution in [2.45, 2.75) is 0 Å². The van der Waals surface area contributed by atoms with Crippen LogP contribution in [0.25, 0.3) is 44.6 Å². The quantitative estimate of drug-likeness (QED) is 0.126. The molecule has 6 rings (SSSR count). The van der Waals surface area contributed by atoms with E-state index in [9.17, 15) is 9.59 Å². The lowest BCUT2D eigenvalue weighted by Crippen LogP contribution is -2.07. The van der Waals surface area contributed by atoms with E-state index in [1.54, 1.807) is 62.8 Å². The van der Waals surface area contributed by atoms with Gasteiger partial charge in [-0.25, -0.2) is 0 Å². The zero-order valence-electron chi connectivity index (χ0n) is 31.5. The molecular weight excluding hydrogens is 704 g/mol. The fourth-order valence-electron chi connectivity index (χ4n) is 5.88. The van der Waals surface area contributed by atoms with Crippen LogP contribution in [0.5, 0.6) is 57.5 Å². The van der Waals surface area contributed by atoms with Gasteiger partial charge in [0.25, 0.3) is 0 Å². The SMILES string of the molecule is COc1ccc(-c2cc(=O)c3c(OC)c(OC)c(OC)c(OC)c3o2)cc1.COc1ccc(-c2cc(=O)c3c(OC)c(OC)c(OC)c(OC)c3o2)cc1. The topological polar surface area (TPSA) is 153 Å². The Bertz CT molecular complexity index is 2210. The summed E-state index contributed by atoms with van der Waals surface area (Å²) in [7, 11) is 14.8. The molecule has 54 heavy (non-hydrogen) atoms. The first-order valence-electron chi connectivity index (χ1n) is 16.1. The highest BCUT2D eigenvalue weighted by molar-refractivity contribution is 5.96. The van der Waals surface area contributed by atoms with Crippen molar-refractivity contribution in [3.05, 3.63) is 81.1 Å². The normalized spacial score (nSPS) is 10.6. The second kappa shape index (κ2) is 16.8. The molecular formula is C40H40O14. The highest BCUT2D eigenvalue weighted by atomic mass is 16.6. The lowest BCUT2D eigenvalue weighted by atomic mass is 10.1. The predicted molar refractivity (Wildman–Crippen MR) is 201 cm³/mol. The number of methoxy groups -OCH3 is 10. The van der Waals surface area contributed by atoms with Crippen molar-refractivity contribution < 1.29 is 56.2 Å². The monoisotopic (exact) mass is 744 g/mol. The average Bonchev–Trinajstić information content (AvgIpc) is 3.21. The second-order valence-corrected chi connectivity index (χ2v) is 11.1. The van der Waals surface area contributed by atoms with Crippen molar-refractivity contribution in [1.82, 2.24) is 0 Å². The molecule has 0 atom stereocenters. The lowest BCUT2D eigenvalue weighted by Gasteiger charge is -2.17. The van der Waals surface area contributed by atoms with Gasteiger partial charge in [0.15, 0.2) is 33.5 Å². The average molecular weight is 745 g/mol. The number of benzene rings is 4. The van der Waals surface area contributed by atoms with Gasteiger partial charge in [0.1, 0.15) is 33.8 Å². The molecule has 0 amide bonds. The molecule has 0 unspecified atom stereocenters. The first kappa shape index (κ1) is 38.5. The number of hydrogen-bond donors (Lipinski definition) is 0. The smallest absolute Gasteiger partial charge is 0.211 e. The number of fused-ring (bicyclic) bond motifs is 2. The minimum Gasteiger partial charge on any atom is -0.497 e. The van der Waals surface area contributed by atoms with E-state index in [0.717, 1.165) is 0 Å². The molecule has 0 spiro atoms. The van der Waals surface area contributed by atoms with Gasteiger partial charge in [0, 0.05) is 23.3 Å². The Morgan fingerprint density at radius 1 is 0.352 bits per heavy atom. The van der Waals surface area contributed by atoms with E-state index in [-0.39, 0.29) is 78.8 Å². The minimum absolute atomic E-state index is 0.212. The Labute approximate surface area is 310 Å². The molecule has 0 radical (unpaired) electrons. The van der Waals surface area contributed by atoms with Gasteiger partial charge in [-0.05, 0) is 48.5 Å². The summed E-state index contributed by atoms with van der Waals surface area (Å²) >= 11 is 0. The highest BCUT2D eigenvalue weighted by Gasteiger charge is 2.28. The Hall–Kier alpha value is -6.70. The summed E-state index contributed by atoms with van der Waals surface area (Å²) < 4.78 is 65.7. The maximum Gasteiger partial charge on any atom is 0.211 e. The third-order valence-electron chi connectivity index (χ3n) is 8.38.